The summed E-state index contributed by atoms with van der Waals surface area (Å²) in [4.78, 5) is 39.0. The molecule has 2 aromatic heterocycles. The van der Waals surface area contributed by atoms with Gasteiger partial charge in [0.2, 0.25) is 5.91 Å². The molecule has 4 aromatic rings. The van der Waals surface area contributed by atoms with Gasteiger partial charge in [-0.3, -0.25) is 14.9 Å². The van der Waals surface area contributed by atoms with Gasteiger partial charge in [-0.1, -0.05) is 6.07 Å². The number of aromatic nitrogens is 3. The largest absolute Gasteiger partial charge is 0.493 e. The maximum atomic E-state index is 11.7. The highest BCUT2D eigenvalue weighted by atomic mass is 32.1. The van der Waals surface area contributed by atoms with Gasteiger partial charge in [-0.15, -0.1) is 0 Å². The number of aliphatic imine (C=N–C) groups is 1. The molecule has 41 heavy (non-hydrogen) atoms. The summed E-state index contributed by atoms with van der Waals surface area (Å²) in [5.74, 6) is -2.83. The number of aliphatic carboxylic acids is 2. The van der Waals surface area contributed by atoms with Crippen LogP contribution in [0.4, 0.5) is 13.2 Å². The molecular weight excluding hydrogens is 569 g/mol. The van der Waals surface area contributed by atoms with Gasteiger partial charge < -0.3 is 25.3 Å². The van der Waals surface area contributed by atoms with Gasteiger partial charge in [0.05, 0.1) is 24.8 Å². The molecule has 1 atom stereocenters. The molecule has 2 aromatic carbocycles. The zero-order valence-corrected chi connectivity index (χ0v) is 21.9. The highest BCUT2D eigenvalue weighted by Gasteiger charge is 2.38. The average Bonchev–Trinajstić information content (AvgIpc) is 3.66. The molecule has 0 spiro atoms. The second-order valence-corrected chi connectivity index (χ2v) is 9.29. The third-order valence-electron chi connectivity index (χ3n) is 5.88. The first kappa shape index (κ1) is 29.3. The van der Waals surface area contributed by atoms with Crippen molar-refractivity contribution < 1.29 is 42.5 Å². The van der Waals surface area contributed by atoms with E-state index in [2.05, 4.69) is 29.4 Å². The normalized spacial score (nSPS) is 13.7. The second-order valence-electron chi connectivity index (χ2n) is 8.76. The van der Waals surface area contributed by atoms with Crippen LogP contribution >= 0.6 is 11.7 Å². The first-order valence-electron chi connectivity index (χ1n) is 12.1. The Balaban J connectivity index is 0.000000493. The van der Waals surface area contributed by atoms with Crippen molar-refractivity contribution in [2.24, 2.45) is 4.99 Å². The number of halogens is 3. The van der Waals surface area contributed by atoms with Gasteiger partial charge in [-0.05, 0) is 41.8 Å². The molecule has 5 rings (SSSR count). The highest BCUT2D eigenvalue weighted by Crippen LogP contribution is 2.35. The Labute approximate surface area is 233 Å². The number of amides is 1. The Morgan fingerprint density at radius 2 is 1.88 bits per heavy atom. The topological polar surface area (TPSA) is 179 Å². The number of hydrogen-bond donors (Lipinski definition) is 5. The smallest absolute Gasteiger partial charge is 0.490 e. The quantitative estimate of drug-likeness (QED) is 0.182. The van der Waals surface area contributed by atoms with E-state index >= 15 is 0 Å². The monoisotopic (exact) mass is 592 g/mol. The van der Waals surface area contributed by atoms with E-state index in [0.29, 0.717) is 19.1 Å². The van der Waals surface area contributed by atoms with Gasteiger partial charge in [-0.2, -0.15) is 21.9 Å². The highest BCUT2D eigenvalue weighted by molar-refractivity contribution is 7.00. The van der Waals surface area contributed by atoms with E-state index in [1.54, 1.807) is 0 Å². The van der Waals surface area contributed by atoms with Crippen molar-refractivity contribution in [3.8, 4) is 5.75 Å². The number of fused-ring (bicyclic) bond motifs is 2. The summed E-state index contributed by atoms with van der Waals surface area (Å²) in [5, 5.41) is 23.3. The summed E-state index contributed by atoms with van der Waals surface area (Å²) in [7, 11) is 0. The lowest BCUT2D eigenvalue weighted by Crippen LogP contribution is -2.37. The van der Waals surface area contributed by atoms with Crippen molar-refractivity contribution in [1.29, 1.82) is 0 Å². The van der Waals surface area contributed by atoms with Crippen LogP contribution in [0, 0.1) is 0 Å². The summed E-state index contributed by atoms with van der Waals surface area (Å²) < 4.78 is 46.1. The lowest BCUT2D eigenvalue weighted by molar-refractivity contribution is -0.192. The molecule has 216 valence electrons. The molecule has 12 nitrogen and oxygen atoms in total. The average molecular weight is 593 g/mol. The standard InChI is InChI=1S/C23H22N6O4S.C2HF3O2/c30-21-12-26-23(27-21)24-6-1-7-33-14-3-4-15-17(11-25-19(15)9-14)16(10-22(31)32)13-2-5-18-20(8-13)29-34-28-18;3-2(4,5)1(6)7/h2-5,8-9,11,16,25H,1,6-7,10,12H2,(H,31,32)(H2,24,26,27,30);(H,6,7). The number of hydrogen-bond acceptors (Lipinski definition) is 9. The fourth-order valence-electron chi connectivity index (χ4n) is 4.03. The van der Waals surface area contributed by atoms with E-state index in [9.17, 15) is 27.9 Å². The maximum absolute atomic E-state index is 11.7. The van der Waals surface area contributed by atoms with Crippen LogP contribution in [0.25, 0.3) is 21.9 Å². The number of carbonyl (C=O) groups excluding carboxylic acids is 1. The number of rotatable bonds is 9. The van der Waals surface area contributed by atoms with Crippen molar-refractivity contribution in [1.82, 2.24) is 24.4 Å². The number of guanidine groups is 1. The zero-order valence-electron chi connectivity index (χ0n) is 21.1. The van der Waals surface area contributed by atoms with Gasteiger partial charge in [0, 0.05) is 35.6 Å². The molecule has 0 radical (unpaired) electrons. The predicted molar refractivity (Wildman–Crippen MR) is 142 cm³/mol. The molecular formula is C25H23F3N6O6S. The van der Waals surface area contributed by atoms with Crippen LogP contribution < -0.4 is 15.4 Å². The van der Waals surface area contributed by atoms with Crippen molar-refractivity contribution in [3.63, 3.8) is 0 Å². The molecule has 5 N–H and O–H groups in total. The number of H-pyrrole nitrogens is 1. The molecule has 0 bridgehead atoms. The van der Waals surface area contributed by atoms with E-state index in [1.807, 2.05) is 42.6 Å². The van der Waals surface area contributed by atoms with Crippen LogP contribution in [0.1, 0.15) is 29.9 Å². The van der Waals surface area contributed by atoms with Crippen molar-refractivity contribution >= 4 is 57.5 Å². The van der Waals surface area contributed by atoms with Crippen LogP contribution in [0.5, 0.6) is 5.75 Å². The molecule has 0 saturated heterocycles. The number of benzene rings is 2. The molecule has 0 saturated carbocycles. The lowest BCUT2D eigenvalue weighted by atomic mass is 9.88. The SMILES string of the molecule is O=C(O)C(F)(F)F.O=C(O)CC(c1ccc2nsnc2c1)c1c[nH]c2cc(OCCCNC3=NCC(=O)N3)ccc12. The van der Waals surface area contributed by atoms with Crippen LogP contribution in [-0.4, -0.2) is 73.6 Å². The van der Waals surface area contributed by atoms with E-state index in [1.165, 1.54) is 0 Å². The van der Waals surface area contributed by atoms with Gasteiger partial charge >= 0.3 is 18.1 Å². The number of aromatic amines is 1. The van der Waals surface area contributed by atoms with Crippen LogP contribution in [0.3, 0.4) is 0 Å². The number of carboxylic acid groups (broad SMARTS) is 2. The lowest BCUT2D eigenvalue weighted by Gasteiger charge is -2.15. The maximum Gasteiger partial charge on any atom is 0.490 e. The first-order chi connectivity index (χ1) is 19.5. The van der Waals surface area contributed by atoms with Crippen LogP contribution in [0.15, 0.2) is 47.6 Å². The van der Waals surface area contributed by atoms with Crippen molar-refractivity contribution in [2.75, 3.05) is 19.7 Å². The molecule has 1 aliphatic heterocycles. The third-order valence-corrected chi connectivity index (χ3v) is 6.44. The predicted octanol–water partition coefficient (Wildman–Crippen LogP) is 3.26. The van der Waals surface area contributed by atoms with E-state index in [4.69, 9.17) is 14.6 Å². The minimum atomic E-state index is -5.08. The van der Waals surface area contributed by atoms with Crippen molar-refractivity contribution in [2.45, 2.75) is 24.9 Å². The number of nitrogens with one attached hydrogen (secondary N) is 3. The minimum absolute atomic E-state index is 0.0347. The van der Waals surface area contributed by atoms with Gasteiger partial charge in [0.15, 0.2) is 5.96 Å². The Hall–Kier alpha value is -4.73. The third kappa shape index (κ3) is 7.69. The first-order valence-corrected chi connectivity index (χ1v) is 12.8. The van der Waals surface area contributed by atoms with Crippen LogP contribution in [-0.2, 0) is 14.4 Å². The van der Waals surface area contributed by atoms with E-state index in [-0.39, 0.29) is 24.8 Å². The molecule has 3 heterocycles. The number of carbonyl (C=O) groups is 3. The van der Waals surface area contributed by atoms with Crippen molar-refractivity contribution in [3.05, 3.63) is 53.7 Å². The second kappa shape index (κ2) is 12.6. The summed E-state index contributed by atoms with van der Waals surface area (Å²) in [6.07, 6.45) is -2.52. The molecule has 0 fully saturated rings. The zero-order chi connectivity index (χ0) is 29.6. The molecule has 1 unspecified atom stereocenters. The summed E-state index contributed by atoms with van der Waals surface area (Å²) in [6.45, 7) is 1.29. The number of nitrogens with zero attached hydrogens (tertiary/aromatic N) is 3. The van der Waals surface area contributed by atoms with E-state index in [0.717, 1.165) is 57.0 Å². The summed E-state index contributed by atoms with van der Waals surface area (Å²) in [6, 6.07) is 11.5. The van der Waals surface area contributed by atoms with Gasteiger partial charge in [-0.25, -0.2) is 9.79 Å². The number of carboxylic acids is 2. The Bertz CT molecular complexity index is 1600. The summed E-state index contributed by atoms with van der Waals surface area (Å²) >= 11 is 1.14. The number of alkyl halides is 3. The van der Waals surface area contributed by atoms with Gasteiger partial charge in [0.1, 0.15) is 23.3 Å². The fraction of sp³-hybridized carbons (Fsp3) is 0.280. The molecule has 1 amide bonds. The molecule has 16 heteroatoms. The van der Waals surface area contributed by atoms with Crippen LogP contribution in [0.2, 0.25) is 0 Å². The minimum Gasteiger partial charge on any atom is -0.493 e. The van der Waals surface area contributed by atoms with E-state index < -0.39 is 18.1 Å². The molecule has 0 aliphatic carbocycles. The Morgan fingerprint density at radius 1 is 1.12 bits per heavy atom. The Morgan fingerprint density at radius 3 is 2.56 bits per heavy atom. The molecule has 1 aliphatic rings. The fourth-order valence-corrected chi connectivity index (χ4v) is 4.55. The number of ether oxygens (including phenoxy) is 1. The summed E-state index contributed by atoms with van der Waals surface area (Å²) in [5.41, 5.74) is 4.25. The van der Waals surface area contributed by atoms with Gasteiger partial charge in [0.25, 0.3) is 0 Å². The Kier molecular flexibility index (Phi) is 9.01.